The predicted octanol–water partition coefficient (Wildman–Crippen LogP) is 2.56. The van der Waals surface area contributed by atoms with Gasteiger partial charge in [0.15, 0.2) is 5.65 Å². The first-order valence-corrected chi connectivity index (χ1v) is 9.84. The summed E-state index contributed by atoms with van der Waals surface area (Å²) in [6, 6.07) is 4.31. The topological polar surface area (TPSA) is 98.4 Å². The lowest BCUT2D eigenvalue weighted by atomic mass is 9.99. The van der Waals surface area contributed by atoms with Gasteiger partial charge >= 0.3 is 0 Å². The highest BCUT2D eigenvalue weighted by molar-refractivity contribution is 5.99. The van der Waals surface area contributed by atoms with E-state index in [4.69, 9.17) is 4.74 Å². The number of halogens is 1. The van der Waals surface area contributed by atoms with Crippen molar-refractivity contribution in [3.8, 4) is 16.9 Å². The highest BCUT2D eigenvalue weighted by atomic mass is 19.1. The molecule has 0 fully saturated rings. The Balaban J connectivity index is 1.63. The van der Waals surface area contributed by atoms with E-state index >= 15 is 0 Å². The molecule has 1 aromatic carbocycles. The SMILES string of the molecule is C[C@H]1Nc2ccn3ncc(c3n2)C(=O)NCCOc2c(-c3cnn(C)c3)cc(F)cc21. The zero-order chi connectivity index (χ0) is 21.5. The van der Waals surface area contributed by atoms with Crippen molar-refractivity contribution >= 4 is 17.4 Å². The van der Waals surface area contributed by atoms with Crippen LogP contribution in [0.15, 0.2) is 43.0 Å². The van der Waals surface area contributed by atoms with Crippen molar-refractivity contribution in [2.45, 2.75) is 13.0 Å². The maximum absolute atomic E-state index is 14.6. The number of aryl methyl sites for hydroxylation is 1. The second-order valence-corrected chi connectivity index (χ2v) is 7.38. The zero-order valence-electron chi connectivity index (χ0n) is 17.0. The molecule has 4 aromatic rings. The van der Waals surface area contributed by atoms with Gasteiger partial charge in [-0.15, -0.1) is 0 Å². The number of hydrogen-bond acceptors (Lipinski definition) is 6. The molecule has 0 unspecified atom stereocenters. The minimum atomic E-state index is -0.381. The molecule has 10 heteroatoms. The smallest absolute Gasteiger partial charge is 0.256 e. The van der Waals surface area contributed by atoms with Gasteiger partial charge in [0, 0.05) is 36.1 Å². The highest BCUT2D eigenvalue weighted by Crippen LogP contribution is 2.38. The second-order valence-electron chi connectivity index (χ2n) is 7.38. The van der Waals surface area contributed by atoms with Gasteiger partial charge in [-0.1, -0.05) is 0 Å². The van der Waals surface area contributed by atoms with Gasteiger partial charge in [0.05, 0.1) is 25.0 Å². The summed E-state index contributed by atoms with van der Waals surface area (Å²) in [5.41, 5.74) is 2.78. The van der Waals surface area contributed by atoms with Gasteiger partial charge in [-0.3, -0.25) is 9.48 Å². The van der Waals surface area contributed by atoms with Crippen molar-refractivity contribution in [3.63, 3.8) is 0 Å². The fourth-order valence-electron chi connectivity index (χ4n) is 3.69. The minimum Gasteiger partial charge on any atom is -0.491 e. The fourth-order valence-corrected chi connectivity index (χ4v) is 3.69. The number of fused-ring (bicyclic) bond motifs is 2. The lowest BCUT2D eigenvalue weighted by molar-refractivity contribution is 0.0948. The van der Waals surface area contributed by atoms with Crippen molar-refractivity contribution in [2.75, 3.05) is 18.5 Å². The van der Waals surface area contributed by atoms with E-state index in [2.05, 4.69) is 25.8 Å². The van der Waals surface area contributed by atoms with Gasteiger partial charge in [-0.2, -0.15) is 10.2 Å². The molecule has 5 rings (SSSR count). The number of ether oxygens (including phenoxy) is 1. The van der Waals surface area contributed by atoms with Crippen LogP contribution < -0.4 is 15.4 Å². The van der Waals surface area contributed by atoms with E-state index in [0.717, 1.165) is 5.56 Å². The summed E-state index contributed by atoms with van der Waals surface area (Å²) >= 11 is 0. The summed E-state index contributed by atoms with van der Waals surface area (Å²) in [5.74, 6) is 0.398. The van der Waals surface area contributed by atoms with Crippen LogP contribution in [0, 0.1) is 5.82 Å². The van der Waals surface area contributed by atoms with Gasteiger partial charge < -0.3 is 15.4 Å². The van der Waals surface area contributed by atoms with Gasteiger partial charge in [0.1, 0.15) is 29.6 Å². The molecule has 1 atom stereocenters. The van der Waals surface area contributed by atoms with Crippen molar-refractivity contribution in [1.82, 2.24) is 29.7 Å². The van der Waals surface area contributed by atoms with E-state index in [1.165, 1.54) is 22.8 Å². The molecule has 31 heavy (non-hydrogen) atoms. The molecule has 2 N–H and O–H groups in total. The molecular formula is C21H20FN7O2. The van der Waals surface area contributed by atoms with Crippen LogP contribution in [0.1, 0.15) is 28.9 Å². The molecule has 4 heterocycles. The first kappa shape index (κ1) is 19.0. The number of aromatic nitrogens is 5. The first-order valence-electron chi connectivity index (χ1n) is 9.84. The van der Waals surface area contributed by atoms with Crippen LogP contribution in [0.5, 0.6) is 5.75 Å². The molecule has 158 valence electrons. The Morgan fingerprint density at radius 1 is 1.23 bits per heavy atom. The van der Waals surface area contributed by atoms with Gasteiger partial charge in [0.2, 0.25) is 0 Å². The average molecular weight is 421 g/mol. The number of nitrogens with zero attached hydrogens (tertiary/aromatic N) is 5. The molecule has 0 radical (unpaired) electrons. The quantitative estimate of drug-likeness (QED) is 0.490. The largest absolute Gasteiger partial charge is 0.491 e. The van der Waals surface area contributed by atoms with E-state index in [-0.39, 0.29) is 30.9 Å². The van der Waals surface area contributed by atoms with Crippen LogP contribution >= 0.6 is 0 Å². The Bertz CT molecular complexity index is 1300. The van der Waals surface area contributed by atoms with Crippen LogP contribution in [-0.4, -0.2) is 43.4 Å². The maximum Gasteiger partial charge on any atom is 0.256 e. The average Bonchev–Trinajstić information content (AvgIpc) is 3.36. The number of carbonyl (C=O) groups excluding carboxylic acids is 1. The molecule has 0 aliphatic carbocycles. The number of nitrogens with one attached hydrogen (secondary N) is 2. The molecule has 0 spiro atoms. The first-order chi connectivity index (χ1) is 15.0. The minimum absolute atomic E-state index is 0.208. The molecule has 1 amide bonds. The number of anilines is 1. The van der Waals surface area contributed by atoms with E-state index in [9.17, 15) is 9.18 Å². The molecular weight excluding hydrogens is 401 g/mol. The van der Waals surface area contributed by atoms with Gasteiger partial charge in [-0.25, -0.2) is 13.9 Å². The normalized spacial score (nSPS) is 16.5. The van der Waals surface area contributed by atoms with Crippen LogP contribution in [0.4, 0.5) is 10.2 Å². The number of rotatable bonds is 1. The van der Waals surface area contributed by atoms with Crippen molar-refractivity contribution in [3.05, 3.63) is 59.9 Å². The van der Waals surface area contributed by atoms with Crippen molar-refractivity contribution < 1.29 is 13.9 Å². The predicted molar refractivity (Wildman–Crippen MR) is 111 cm³/mol. The van der Waals surface area contributed by atoms with E-state index in [1.54, 1.807) is 36.4 Å². The van der Waals surface area contributed by atoms with E-state index < -0.39 is 0 Å². The second kappa shape index (κ2) is 7.38. The standard InChI is InChI=1S/C21H20FN7O2/c1-12-15-7-14(22)8-16(13-9-24-28(2)11-13)19(15)31-6-4-23-21(30)17-10-25-29-5-3-18(26-12)27-20(17)29/h3,5,7-12H,4,6H2,1-2H3,(H,23,30)(H,26,27)/t12-/m1/s1. The summed E-state index contributed by atoms with van der Waals surface area (Å²) in [7, 11) is 1.80. The van der Waals surface area contributed by atoms with Crippen LogP contribution in [-0.2, 0) is 7.05 Å². The Hall–Kier alpha value is -3.95. The van der Waals surface area contributed by atoms with Crippen molar-refractivity contribution in [2.24, 2.45) is 7.05 Å². The molecule has 2 bridgehead atoms. The molecule has 0 saturated carbocycles. The third-order valence-corrected chi connectivity index (χ3v) is 5.18. The summed E-state index contributed by atoms with van der Waals surface area (Å²) in [4.78, 5) is 17.1. The van der Waals surface area contributed by atoms with Crippen LogP contribution in [0.2, 0.25) is 0 Å². The van der Waals surface area contributed by atoms with Crippen LogP contribution in [0.3, 0.4) is 0 Å². The number of benzene rings is 1. The molecule has 9 nitrogen and oxygen atoms in total. The Morgan fingerprint density at radius 3 is 2.90 bits per heavy atom. The maximum atomic E-state index is 14.6. The number of hydrogen-bond donors (Lipinski definition) is 2. The van der Waals surface area contributed by atoms with E-state index in [1.807, 2.05) is 6.92 Å². The summed E-state index contributed by atoms with van der Waals surface area (Å²) in [6.07, 6.45) is 6.67. The lowest BCUT2D eigenvalue weighted by Crippen LogP contribution is -2.28. The fraction of sp³-hybridized carbons (Fsp3) is 0.238. The highest BCUT2D eigenvalue weighted by Gasteiger charge is 2.22. The lowest BCUT2D eigenvalue weighted by Gasteiger charge is -2.21. The molecule has 1 aliphatic heterocycles. The summed E-state index contributed by atoms with van der Waals surface area (Å²) in [5, 5.41) is 14.5. The van der Waals surface area contributed by atoms with E-state index in [0.29, 0.717) is 33.9 Å². The summed E-state index contributed by atoms with van der Waals surface area (Å²) < 4.78 is 23.9. The zero-order valence-corrected chi connectivity index (χ0v) is 17.0. The van der Waals surface area contributed by atoms with Crippen molar-refractivity contribution in [1.29, 1.82) is 0 Å². The third kappa shape index (κ3) is 3.45. The van der Waals surface area contributed by atoms with Crippen LogP contribution in [0.25, 0.3) is 16.8 Å². The Kier molecular flexibility index (Phi) is 4.54. The number of carbonyl (C=O) groups is 1. The summed E-state index contributed by atoms with van der Waals surface area (Å²) in [6.45, 7) is 2.38. The Labute approximate surface area is 176 Å². The molecule has 3 aromatic heterocycles. The number of amides is 1. The molecule has 1 aliphatic rings. The Morgan fingerprint density at radius 2 is 2.10 bits per heavy atom. The third-order valence-electron chi connectivity index (χ3n) is 5.18. The molecule has 0 saturated heterocycles. The van der Waals surface area contributed by atoms with Gasteiger partial charge in [-0.05, 0) is 25.1 Å². The van der Waals surface area contributed by atoms with Gasteiger partial charge in [0.25, 0.3) is 5.91 Å². The monoisotopic (exact) mass is 421 g/mol.